The molecule has 2 aromatic rings. The molecule has 3 heterocycles. The summed E-state index contributed by atoms with van der Waals surface area (Å²) in [5.41, 5.74) is -1.53. The highest BCUT2D eigenvalue weighted by atomic mass is 19.4. The van der Waals surface area contributed by atoms with Gasteiger partial charge in [0.15, 0.2) is 5.69 Å². The Kier molecular flexibility index (Phi) is 5.13. The predicted molar refractivity (Wildman–Crippen MR) is 99.1 cm³/mol. The summed E-state index contributed by atoms with van der Waals surface area (Å²) in [6, 6.07) is 4.48. The number of imidazole rings is 1. The number of methoxy groups -OCH3 is 1. The molecule has 1 amide bonds. The second kappa shape index (κ2) is 7.39. The number of ether oxygens (including phenoxy) is 2. The van der Waals surface area contributed by atoms with Crippen molar-refractivity contribution in [1.29, 1.82) is 0 Å². The third-order valence-corrected chi connectivity index (χ3v) is 5.87. The molecular weight excluding hydrogens is 460 g/mol. The Morgan fingerprint density at radius 3 is 2.45 bits per heavy atom. The topological polar surface area (TPSA) is 73.7 Å². The van der Waals surface area contributed by atoms with E-state index in [0.717, 1.165) is 6.33 Å². The minimum absolute atomic E-state index is 0.0228. The van der Waals surface area contributed by atoms with Crippen molar-refractivity contribution in [3.63, 3.8) is 0 Å². The first-order chi connectivity index (χ1) is 15.3. The number of nitrogens with zero attached hydrogens (tertiary/aromatic N) is 3. The Balaban J connectivity index is 1.87. The van der Waals surface area contributed by atoms with Gasteiger partial charge in [-0.15, -0.1) is 0 Å². The lowest BCUT2D eigenvalue weighted by Crippen LogP contribution is -2.46. The van der Waals surface area contributed by atoms with Crippen molar-refractivity contribution in [3.8, 4) is 11.4 Å². The number of alkyl halides is 6. The molecule has 33 heavy (non-hydrogen) atoms. The van der Waals surface area contributed by atoms with E-state index >= 15 is 0 Å². The maximum absolute atomic E-state index is 13.3. The third kappa shape index (κ3) is 3.59. The number of carbonyl (C=O) groups excluding carboxylic acids is 2. The summed E-state index contributed by atoms with van der Waals surface area (Å²) in [6.07, 6.45) is -14.2. The Labute approximate surface area is 182 Å². The van der Waals surface area contributed by atoms with Gasteiger partial charge in [0.05, 0.1) is 29.6 Å². The molecule has 13 heteroatoms. The van der Waals surface area contributed by atoms with Crippen LogP contribution >= 0.6 is 0 Å². The first kappa shape index (κ1) is 22.9. The van der Waals surface area contributed by atoms with Crippen molar-refractivity contribution < 1.29 is 45.4 Å². The van der Waals surface area contributed by atoms with Crippen LogP contribution in [-0.4, -0.2) is 58.4 Å². The maximum atomic E-state index is 13.3. The Morgan fingerprint density at radius 1 is 1.18 bits per heavy atom. The zero-order valence-corrected chi connectivity index (χ0v) is 17.3. The monoisotopic (exact) mass is 477 g/mol. The molecule has 1 atom stereocenters. The van der Waals surface area contributed by atoms with Crippen LogP contribution in [0.4, 0.5) is 26.3 Å². The fraction of sp³-hybridized carbons (Fsp3) is 0.450. The molecule has 0 aliphatic carbocycles. The fourth-order valence-electron chi connectivity index (χ4n) is 4.38. The summed E-state index contributed by atoms with van der Waals surface area (Å²) in [5, 5.41) is 0. The van der Waals surface area contributed by atoms with Gasteiger partial charge in [0.25, 0.3) is 12.0 Å². The zero-order chi connectivity index (χ0) is 24.3. The lowest BCUT2D eigenvalue weighted by molar-refractivity contribution is -0.307. The Morgan fingerprint density at radius 2 is 1.85 bits per heavy atom. The van der Waals surface area contributed by atoms with E-state index in [1.165, 1.54) is 34.8 Å². The van der Waals surface area contributed by atoms with Crippen molar-refractivity contribution in [2.45, 2.75) is 43.8 Å². The average Bonchev–Trinajstić information content (AvgIpc) is 3.32. The predicted octanol–water partition coefficient (Wildman–Crippen LogP) is 4.00. The zero-order valence-electron chi connectivity index (χ0n) is 17.3. The van der Waals surface area contributed by atoms with Crippen LogP contribution in [0, 0.1) is 0 Å². The van der Waals surface area contributed by atoms with E-state index in [9.17, 15) is 35.9 Å². The number of hydrogen-bond donors (Lipinski definition) is 0. The summed E-state index contributed by atoms with van der Waals surface area (Å²) in [7, 11) is 1.40. The molecule has 0 spiro atoms. The van der Waals surface area contributed by atoms with E-state index in [0.29, 0.717) is 18.6 Å². The van der Waals surface area contributed by atoms with Crippen molar-refractivity contribution in [1.82, 2.24) is 14.5 Å². The molecule has 0 unspecified atom stereocenters. The molecule has 0 saturated carbocycles. The maximum Gasteiger partial charge on any atom is 0.434 e. The fourth-order valence-corrected chi connectivity index (χ4v) is 4.38. The molecule has 2 aliphatic rings. The number of fused-ring (bicyclic) bond motifs is 5. The van der Waals surface area contributed by atoms with Crippen LogP contribution in [0.15, 0.2) is 24.5 Å². The highest BCUT2D eigenvalue weighted by molar-refractivity contribution is 6.00. The van der Waals surface area contributed by atoms with Gasteiger partial charge in [0.2, 0.25) is 0 Å². The van der Waals surface area contributed by atoms with E-state index < -0.39 is 41.6 Å². The van der Waals surface area contributed by atoms with Gasteiger partial charge in [-0.2, -0.15) is 26.3 Å². The lowest BCUT2D eigenvalue weighted by Gasteiger charge is -2.34. The number of hydrogen-bond acceptors (Lipinski definition) is 5. The van der Waals surface area contributed by atoms with Crippen LogP contribution in [0.5, 0.6) is 5.75 Å². The van der Waals surface area contributed by atoms with Gasteiger partial charge in [-0.1, -0.05) is 0 Å². The van der Waals surface area contributed by atoms with Crippen molar-refractivity contribution >= 4 is 11.9 Å². The van der Waals surface area contributed by atoms with Crippen molar-refractivity contribution in [2.24, 2.45) is 0 Å². The third-order valence-electron chi connectivity index (χ3n) is 5.87. The first-order valence-corrected chi connectivity index (χ1v) is 9.71. The molecule has 0 radical (unpaired) electrons. The van der Waals surface area contributed by atoms with Gasteiger partial charge in [-0.05, 0) is 38.0 Å². The van der Waals surface area contributed by atoms with Gasteiger partial charge in [0.1, 0.15) is 12.1 Å². The van der Waals surface area contributed by atoms with Gasteiger partial charge in [0, 0.05) is 6.54 Å². The van der Waals surface area contributed by atoms with Crippen LogP contribution in [0.25, 0.3) is 5.69 Å². The van der Waals surface area contributed by atoms with Crippen LogP contribution in [0.2, 0.25) is 0 Å². The molecular formula is C20H17F6N3O4. The number of amides is 1. The molecule has 7 nitrogen and oxygen atoms in total. The van der Waals surface area contributed by atoms with Gasteiger partial charge < -0.3 is 14.4 Å². The van der Waals surface area contributed by atoms with E-state index in [2.05, 4.69) is 9.72 Å². The van der Waals surface area contributed by atoms with Crippen LogP contribution in [0.1, 0.15) is 46.3 Å². The van der Waals surface area contributed by atoms with Crippen LogP contribution in [-0.2, 0) is 10.3 Å². The summed E-state index contributed by atoms with van der Waals surface area (Å²) in [6.45, 7) is 1.84. The normalized spacial score (nSPS) is 20.3. The number of aromatic nitrogens is 2. The van der Waals surface area contributed by atoms with E-state index in [1.54, 1.807) is 6.92 Å². The highest BCUT2D eigenvalue weighted by Crippen LogP contribution is 2.45. The van der Waals surface area contributed by atoms with Gasteiger partial charge in [-0.25, -0.2) is 9.78 Å². The molecule has 1 aromatic carbocycles. The number of benzene rings is 1. The Hall–Kier alpha value is -3.25. The molecule has 1 saturated heterocycles. The minimum atomic E-state index is -5.87. The Bertz CT molecular complexity index is 1110. The number of carbonyl (C=O) groups is 2. The molecule has 178 valence electrons. The summed E-state index contributed by atoms with van der Waals surface area (Å²) in [4.78, 5) is 31.1. The first-order valence-electron chi connectivity index (χ1n) is 9.71. The second-order valence-corrected chi connectivity index (χ2v) is 7.90. The van der Waals surface area contributed by atoms with Gasteiger partial charge in [-0.3, -0.25) is 9.36 Å². The quantitative estimate of drug-likeness (QED) is 0.494. The average molecular weight is 477 g/mol. The molecule has 2 aliphatic heterocycles. The minimum Gasteiger partial charge on any atom is -0.497 e. The summed E-state index contributed by atoms with van der Waals surface area (Å²) >= 11 is 0. The molecule has 1 fully saturated rings. The van der Waals surface area contributed by atoms with Crippen LogP contribution in [0.3, 0.4) is 0 Å². The number of esters is 1. The standard InChI is InChI=1S/C20H17F6N3O4/c1-18-6-3-7-29(18)15(30)11-8-10(32-2)4-5-12(11)28-9-27-13(14(18)28)16(31)33-17(19(21,22)23)20(24,25)26/h4-5,8-9,17H,3,6-7H2,1-2H3/t18-/m0/s1. The van der Waals surface area contributed by atoms with E-state index in [1.807, 2.05) is 0 Å². The smallest absolute Gasteiger partial charge is 0.434 e. The molecule has 4 rings (SSSR count). The number of halogens is 6. The molecule has 0 N–H and O–H groups in total. The molecule has 1 aromatic heterocycles. The SMILES string of the molecule is COc1ccc2c(c1)C(=O)N1CCC[C@@]1(C)c1c(C(=O)OC(C(F)(F)F)C(F)(F)F)ncn1-2. The van der Waals surface area contributed by atoms with Gasteiger partial charge >= 0.3 is 18.3 Å². The number of rotatable bonds is 3. The highest BCUT2D eigenvalue weighted by Gasteiger charge is 2.60. The van der Waals surface area contributed by atoms with E-state index in [-0.39, 0.29) is 23.5 Å². The second-order valence-electron chi connectivity index (χ2n) is 7.90. The molecule has 0 bridgehead atoms. The van der Waals surface area contributed by atoms with Crippen molar-refractivity contribution in [3.05, 3.63) is 41.5 Å². The van der Waals surface area contributed by atoms with Crippen molar-refractivity contribution in [2.75, 3.05) is 13.7 Å². The summed E-state index contributed by atoms with van der Waals surface area (Å²) < 4.78 is 88.0. The largest absolute Gasteiger partial charge is 0.497 e. The van der Waals surface area contributed by atoms with Crippen LogP contribution < -0.4 is 4.74 Å². The lowest BCUT2D eigenvalue weighted by atomic mass is 9.92. The summed E-state index contributed by atoms with van der Waals surface area (Å²) in [5.74, 6) is -1.94. The van der Waals surface area contributed by atoms with E-state index in [4.69, 9.17) is 4.74 Å².